The van der Waals surface area contributed by atoms with E-state index in [4.69, 9.17) is 14.2 Å². The van der Waals surface area contributed by atoms with Crippen LogP contribution in [-0.2, 0) is 19.1 Å². The molecular formula is C21H27NO5. The Bertz CT molecular complexity index is 721. The van der Waals surface area contributed by atoms with Crippen LogP contribution in [0.4, 0.5) is 0 Å². The third-order valence-electron chi connectivity index (χ3n) is 4.28. The van der Waals surface area contributed by atoms with Crippen LogP contribution >= 0.6 is 0 Å². The second kappa shape index (κ2) is 9.26. The third-order valence-corrected chi connectivity index (χ3v) is 4.28. The average molecular weight is 373 g/mol. The predicted molar refractivity (Wildman–Crippen MR) is 102 cm³/mol. The molecule has 0 aliphatic carbocycles. The summed E-state index contributed by atoms with van der Waals surface area (Å²) in [7, 11) is 0. The van der Waals surface area contributed by atoms with Gasteiger partial charge in [0.15, 0.2) is 0 Å². The maximum absolute atomic E-state index is 12.7. The molecule has 27 heavy (non-hydrogen) atoms. The number of rotatable bonds is 7. The van der Waals surface area contributed by atoms with E-state index in [1.807, 2.05) is 31.2 Å². The van der Waals surface area contributed by atoms with E-state index in [0.29, 0.717) is 29.1 Å². The third kappa shape index (κ3) is 4.51. The number of nitrogens with one attached hydrogen (secondary N) is 1. The van der Waals surface area contributed by atoms with Crippen LogP contribution in [0.5, 0.6) is 5.75 Å². The van der Waals surface area contributed by atoms with E-state index in [2.05, 4.69) is 5.32 Å². The van der Waals surface area contributed by atoms with Crippen LogP contribution in [0.25, 0.3) is 0 Å². The molecular weight excluding hydrogens is 346 g/mol. The van der Waals surface area contributed by atoms with E-state index >= 15 is 0 Å². The SMILES string of the molecule is CCOC(=O)C1=C(C)NC(C)=C(C(=O)OCC)C1c1ccc(OCC)cc1. The Morgan fingerprint density at radius 1 is 0.852 bits per heavy atom. The van der Waals surface area contributed by atoms with Gasteiger partial charge in [-0.2, -0.15) is 0 Å². The zero-order chi connectivity index (χ0) is 20.0. The molecule has 0 bridgehead atoms. The van der Waals surface area contributed by atoms with Gasteiger partial charge in [0.2, 0.25) is 0 Å². The van der Waals surface area contributed by atoms with Crippen LogP contribution in [0.15, 0.2) is 46.8 Å². The molecule has 0 amide bonds. The molecule has 1 N–H and O–H groups in total. The maximum atomic E-state index is 12.7. The van der Waals surface area contributed by atoms with Gasteiger partial charge in [-0.15, -0.1) is 0 Å². The lowest BCUT2D eigenvalue weighted by molar-refractivity contribution is -0.139. The molecule has 0 saturated carbocycles. The van der Waals surface area contributed by atoms with Crippen LogP contribution in [0, 0.1) is 0 Å². The molecule has 0 spiro atoms. The van der Waals surface area contributed by atoms with Crippen molar-refractivity contribution < 1.29 is 23.8 Å². The van der Waals surface area contributed by atoms with Crippen molar-refractivity contribution in [2.45, 2.75) is 40.5 Å². The lowest BCUT2D eigenvalue weighted by Crippen LogP contribution is -2.32. The standard InChI is InChI=1S/C21H27NO5/c1-6-25-16-11-9-15(10-12-16)19-17(20(23)26-7-2)13(4)22-14(5)18(19)21(24)27-8-3/h9-12,19,22H,6-8H2,1-5H3. The zero-order valence-corrected chi connectivity index (χ0v) is 16.5. The number of carbonyl (C=O) groups is 2. The van der Waals surface area contributed by atoms with Crippen LogP contribution in [-0.4, -0.2) is 31.8 Å². The Labute approximate surface area is 160 Å². The average Bonchev–Trinajstić information content (AvgIpc) is 2.62. The Kier molecular flexibility index (Phi) is 7.05. The van der Waals surface area contributed by atoms with Gasteiger partial charge in [-0.05, 0) is 52.3 Å². The molecule has 6 nitrogen and oxygen atoms in total. The molecule has 0 saturated heterocycles. The van der Waals surface area contributed by atoms with E-state index in [-0.39, 0.29) is 13.2 Å². The smallest absolute Gasteiger partial charge is 0.336 e. The molecule has 0 radical (unpaired) electrons. The van der Waals surface area contributed by atoms with Gasteiger partial charge in [-0.3, -0.25) is 0 Å². The summed E-state index contributed by atoms with van der Waals surface area (Å²) in [5.41, 5.74) is 2.95. The normalized spacial score (nSPS) is 14.7. The first-order valence-electron chi connectivity index (χ1n) is 9.20. The Hall–Kier alpha value is -2.76. The summed E-state index contributed by atoms with van der Waals surface area (Å²) in [6, 6.07) is 7.38. The number of esters is 2. The van der Waals surface area contributed by atoms with Crippen molar-refractivity contribution in [3.8, 4) is 5.75 Å². The summed E-state index contributed by atoms with van der Waals surface area (Å²) in [4.78, 5) is 25.3. The van der Waals surface area contributed by atoms with Gasteiger partial charge in [-0.1, -0.05) is 12.1 Å². The highest BCUT2D eigenvalue weighted by Crippen LogP contribution is 2.39. The number of carbonyl (C=O) groups excluding carboxylic acids is 2. The summed E-state index contributed by atoms with van der Waals surface area (Å²) in [5.74, 6) is -0.738. The zero-order valence-electron chi connectivity index (χ0n) is 16.5. The molecule has 1 aliphatic rings. The molecule has 1 aromatic rings. The minimum atomic E-state index is -0.569. The number of ether oxygens (including phenoxy) is 3. The van der Waals surface area contributed by atoms with Crippen molar-refractivity contribution in [1.82, 2.24) is 5.32 Å². The van der Waals surface area contributed by atoms with E-state index in [1.165, 1.54) is 0 Å². The van der Waals surface area contributed by atoms with Crippen molar-refractivity contribution in [2.24, 2.45) is 0 Å². The highest BCUT2D eigenvalue weighted by molar-refractivity contribution is 5.99. The molecule has 1 heterocycles. The molecule has 1 aromatic carbocycles. The van der Waals surface area contributed by atoms with Gasteiger partial charge in [0, 0.05) is 11.4 Å². The van der Waals surface area contributed by atoms with E-state index in [9.17, 15) is 9.59 Å². The summed E-state index contributed by atoms with van der Waals surface area (Å²) in [5, 5.41) is 3.12. The van der Waals surface area contributed by atoms with Gasteiger partial charge in [0.1, 0.15) is 5.75 Å². The van der Waals surface area contributed by atoms with Crippen molar-refractivity contribution >= 4 is 11.9 Å². The number of hydrogen-bond donors (Lipinski definition) is 1. The Morgan fingerprint density at radius 2 is 1.33 bits per heavy atom. The molecule has 2 rings (SSSR count). The van der Waals surface area contributed by atoms with Crippen molar-refractivity contribution in [3.05, 3.63) is 52.4 Å². The molecule has 146 valence electrons. The fourth-order valence-electron chi connectivity index (χ4n) is 3.21. The topological polar surface area (TPSA) is 73.9 Å². The lowest BCUT2D eigenvalue weighted by atomic mass is 9.80. The fraction of sp³-hybridized carbons (Fsp3) is 0.429. The molecule has 0 atom stereocenters. The molecule has 0 aromatic heterocycles. The second-order valence-corrected chi connectivity index (χ2v) is 6.08. The molecule has 6 heteroatoms. The van der Waals surface area contributed by atoms with Gasteiger partial charge in [0.05, 0.1) is 36.9 Å². The number of allylic oxidation sites excluding steroid dienone is 2. The van der Waals surface area contributed by atoms with Gasteiger partial charge >= 0.3 is 11.9 Å². The molecule has 0 fully saturated rings. The van der Waals surface area contributed by atoms with Gasteiger partial charge in [0.25, 0.3) is 0 Å². The van der Waals surface area contributed by atoms with Crippen molar-refractivity contribution in [2.75, 3.05) is 19.8 Å². The van der Waals surface area contributed by atoms with Crippen LogP contribution in [0.3, 0.4) is 0 Å². The Balaban J connectivity index is 2.57. The first-order valence-corrected chi connectivity index (χ1v) is 9.20. The van der Waals surface area contributed by atoms with Crippen molar-refractivity contribution in [1.29, 1.82) is 0 Å². The summed E-state index contributed by atoms with van der Waals surface area (Å²) >= 11 is 0. The molecule has 1 aliphatic heterocycles. The van der Waals surface area contributed by atoms with E-state index < -0.39 is 17.9 Å². The number of hydrogen-bond acceptors (Lipinski definition) is 6. The predicted octanol–water partition coefficient (Wildman–Crippen LogP) is 3.45. The summed E-state index contributed by atoms with van der Waals surface area (Å²) < 4.78 is 16.0. The van der Waals surface area contributed by atoms with E-state index in [0.717, 1.165) is 11.3 Å². The quantitative estimate of drug-likeness (QED) is 0.738. The number of dihydropyridines is 1. The van der Waals surface area contributed by atoms with Crippen LogP contribution in [0.1, 0.15) is 46.1 Å². The summed E-state index contributed by atoms with van der Waals surface area (Å²) in [6.45, 7) is 10.1. The Morgan fingerprint density at radius 3 is 1.74 bits per heavy atom. The first kappa shape index (κ1) is 20.6. The summed E-state index contributed by atoms with van der Waals surface area (Å²) in [6.07, 6.45) is 0. The fourth-order valence-corrected chi connectivity index (χ4v) is 3.21. The maximum Gasteiger partial charge on any atom is 0.336 e. The van der Waals surface area contributed by atoms with Crippen molar-refractivity contribution in [3.63, 3.8) is 0 Å². The minimum Gasteiger partial charge on any atom is -0.494 e. The monoisotopic (exact) mass is 373 g/mol. The van der Waals surface area contributed by atoms with Crippen LogP contribution < -0.4 is 10.1 Å². The highest BCUT2D eigenvalue weighted by atomic mass is 16.5. The highest BCUT2D eigenvalue weighted by Gasteiger charge is 2.37. The lowest BCUT2D eigenvalue weighted by Gasteiger charge is -2.30. The largest absolute Gasteiger partial charge is 0.494 e. The first-order chi connectivity index (χ1) is 12.9. The van der Waals surface area contributed by atoms with Gasteiger partial charge in [-0.25, -0.2) is 9.59 Å². The van der Waals surface area contributed by atoms with E-state index in [1.54, 1.807) is 27.7 Å². The molecule has 0 unspecified atom stereocenters. The number of benzene rings is 1. The van der Waals surface area contributed by atoms with Crippen LogP contribution in [0.2, 0.25) is 0 Å². The minimum absolute atomic E-state index is 0.253. The second-order valence-electron chi connectivity index (χ2n) is 6.08. The van der Waals surface area contributed by atoms with Gasteiger partial charge < -0.3 is 19.5 Å².